The van der Waals surface area contributed by atoms with Gasteiger partial charge in [-0.1, -0.05) is 39.8 Å². The second-order valence-corrected chi connectivity index (χ2v) is 6.75. The molecule has 4 nitrogen and oxygen atoms in total. The molecule has 7 heteroatoms. The predicted octanol–water partition coefficient (Wildman–Crippen LogP) is 4.82. The topological polar surface area (TPSA) is 60.2 Å². The second kappa shape index (κ2) is 9.24. The average Bonchev–Trinajstić information content (AvgIpc) is 2.60. The summed E-state index contributed by atoms with van der Waals surface area (Å²) in [6.45, 7) is 0. The first-order valence-electron chi connectivity index (χ1n) is 7.08. The minimum Gasteiger partial charge on any atom is -0.497 e. The van der Waals surface area contributed by atoms with Crippen LogP contribution in [0.2, 0.25) is 0 Å². The summed E-state index contributed by atoms with van der Waals surface area (Å²) < 4.78 is 18.9. The summed E-state index contributed by atoms with van der Waals surface area (Å²) in [4.78, 5) is 4.72. The highest BCUT2D eigenvalue weighted by molar-refractivity contribution is 8.77. The molecule has 0 saturated carbocycles. The van der Waals surface area contributed by atoms with Gasteiger partial charge in [-0.25, -0.2) is 4.98 Å². The van der Waals surface area contributed by atoms with Gasteiger partial charge in [0.1, 0.15) is 11.6 Å². The number of nitrogens with one attached hydrogen (secondary N) is 1. The average molecular weight is 363 g/mol. The molecule has 0 amide bonds. The normalized spacial score (nSPS) is 11.3. The van der Waals surface area contributed by atoms with Crippen LogP contribution in [0.3, 0.4) is 0 Å². The molecule has 2 rings (SSSR count). The molecular weight excluding hydrogens is 345 g/mol. The van der Waals surface area contributed by atoms with Gasteiger partial charge < -0.3 is 15.8 Å². The lowest BCUT2D eigenvalue weighted by atomic mass is 10.2. The Morgan fingerprint density at radius 2 is 2.08 bits per heavy atom. The highest BCUT2D eigenvalue weighted by Gasteiger charge is 2.02. The molecule has 0 fully saturated rings. The van der Waals surface area contributed by atoms with Crippen molar-refractivity contribution in [1.82, 2.24) is 4.98 Å². The number of allylic oxidation sites excluding steroid dienone is 2. The van der Waals surface area contributed by atoms with Crippen LogP contribution in [0.15, 0.2) is 52.8 Å². The Kier molecular flexibility index (Phi) is 7.02. The maximum Gasteiger partial charge on any atom is 0.222 e. The molecule has 0 aliphatic carbocycles. The number of benzene rings is 1. The Hall–Kier alpha value is -2.12. The molecule has 1 aromatic carbocycles. The zero-order valence-electron chi connectivity index (χ0n) is 13.3. The van der Waals surface area contributed by atoms with Crippen LogP contribution in [-0.2, 0) is 0 Å². The number of hydrogen-bond acceptors (Lipinski definition) is 6. The highest BCUT2D eigenvalue weighted by atomic mass is 33.1. The third-order valence-corrected chi connectivity index (χ3v) is 5.07. The van der Waals surface area contributed by atoms with E-state index in [4.69, 9.17) is 10.5 Å². The Balaban J connectivity index is 1.89. The van der Waals surface area contributed by atoms with E-state index in [9.17, 15) is 4.39 Å². The first-order valence-corrected chi connectivity index (χ1v) is 9.29. The first kappa shape index (κ1) is 18.2. The van der Waals surface area contributed by atoms with Gasteiger partial charge in [0.15, 0.2) is 0 Å². The number of pyridine rings is 1. The smallest absolute Gasteiger partial charge is 0.222 e. The number of methoxy groups -OCH3 is 1. The van der Waals surface area contributed by atoms with E-state index < -0.39 is 5.95 Å². The van der Waals surface area contributed by atoms with Crippen LogP contribution >= 0.6 is 21.6 Å². The second-order valence-electron chi connectivity index (χ2n) is 4.60. The lowest BCUT2D eigenvalue weighted by Crippen LogP contribution is -1.95. The van der Waals surface area contributed by atoms with Crippen LogP contribution < -0.4 is 15.8 Å². The predicted molar refractivity (Wildman–Crippen MR) is 103 cm³/mol. The van der Waals surface area contributed by atoms with Crippen molar-refractivity contribution in [3.8, 4) is 5.75 Å². The van der Waals surface area contributed by atoms with Gasteiger partial charge in [0.25, 0.3) is 0 Å². The van der Waals surface area contributed by atoms with Crippen molar-refractivity contribution in [2.75, 3.05) is 25.2 Å². The number of ether oxygens (including phenoxy) is 1. The zero-order chi connectivity index (χ0) is 17.4. The van der Waals surface area contributed by atoms with Crippen LogP contribution in [-0.4, -0.2) is 19.1 Å². The number of hydrogen-bond donors (Lipinski definition) is 2. The fourth-order valence-electron chi connectivity index (χ4n) is 1.74. The van der Waals surface area contributed by atoms with E-state index in [2.05, 4.69) is 10.3 Å². The Morgan fingerprint density at radius 3 is 2.79 bits per heavy atom. The summed E-state index contributed by atoms with van der Waals surface area (Å²) >= 11 is 0. The quantitative estimate of drug-likeness (QED) is 0.318. The summed E-state index contributed by atoms with van der Waals surface area (Å²) in [5.41, 5.74) is 7.06. The van der Waals surface area contributed by atoms with Crippen molar-refractivity contribution in [3.05, 3.63) is 59.4 Å². The van der Waals surface area contributed by atoms with E-state index in [1.54, 1.807) is 38.4 Å². The molecule has 0 saturated heterocycles. The van der Waals surface area contributed by atoms with E-state index in [1.165, 1.54) is 21.6 Å². The number of anilines is 2. The summed E-state index contributed by atoms with van der Waals surface area (Å²) in [7, 11) is 6.36. The molecule has 2 aromatic rings. The Morgan fingerprint density at radius 1 is 1.25 bits per heavy atom. The molecule has 3 N–H and O–H groups in total. The minimum atomic E-state index is -0.502. The monoisotopic (exact) mass is 363 g/mol. The third kappa shape index (κ3) is 5.21. The molecule has 0 aliphatic rings. The van der Waals surface area contributed by atoms with E-state index >= 15 is 0 Å². The molecule has 24 heavy (non-hydrogen) atoms. The number of halogens is 1. The maximum absolute atomic E-state index is 13.7. The van der Waals surface area contributed by atoms with E-state index in [0.29, 0.717) is 17.1 Å². The van der Waals surface area contributed by atoms with Crippen molar-refractivity contribution in [3.63, 3.8) is 0 Å². The summed E-state index contributed by atoms with van der Waals surface area (Å²) in [5.74, 6) is 0.768. The molecular formula is C17H18FN3OS2. The number of aromatic nitrogens is 1. The molecule has 1 heterocycles. The zero-order valence-corrected chi connectivity index (χ0v) is 15.0. The molecule has 0 radical (unpaired) electrons. The molecule has 0 bridgehead atoms. The van der Waals surface area contributed by atoms with Crippen LogP contribution in [0, 0.1) is 5.95 Å². The molecule has 0 aliphatic heterocycles. The SMILES string of the molecule is CNc1ccc(/C=C/C=C/SSc2cc(OC)ccc2N)c(F)n1. The van der Waals surface area contributed by atoms with Crippen molar-refractivity contribution in [2.24, 2.45) is 0 Å². The molecule has 0 spiro atoms. The van der Waals surface area contributed by atoms with Crippen LogP contribution in [0.4, 0.5) is 15.9 Å². The standard InChI is InChI=1S/C17H18FN3OS2/c1-20-16-9-6-12(17(18)21-16)5-3-4-10-23-24-15-11-13(22-2)7-8-14(15)19/h3-11H,19H2,1-2H3,(H,20,21)/b5-3+,10-4+. The molecule has 1 aromatic heterocycles. The van der Waals surface area contributed by atoms with Crippen molar-refractivity contribution >= 4 is 39.2 Å². The van der Waals surface area contributed by atoms with Gasteiger partial charge >= 0.3 is 0 Å². The van der Waals surface area contributed by atoms with Gasteiger partial charge in [-0.3, -0.25) is 0 Å². The van der Waals surface area contributed by atoms with E-state index in [1.807, 2.05) is 29.7 Å². The van der Waals surface area contributed by atoms with Gasteiger partial charge in [0, 0.05) is 23.2 Å². The third-order valence-electron chi connectivity index (χ3n) is 3.01. The van der Waals surface area contributed by atoms with Crippen molar-refractivity contribution in [2.45, 2.75) is 4.90 Å². The molecule has 0 atom stereocenters. The van der Waals surface area contributed by atoms with Crippen molar-refractivity contribution in [1.29, 1.82) is 0 Å². The summed E-state index contributed by atoms with van der Waals surface area (Å²) in [6, 6.07) is 8.93. The Bertz CT molecular complexity index is 751. The van der Waals surface area contributed by atoms with Gasteiger partial charge in [0.05, 0.1) is 7.11 Å². The van der Waals surface area contributed by atoms with Crippen LogP contribution in [0.5, 0.6) is 5.75 Å². The van der Waals surface area contributed by atoms with Crippen molar-refractivity contribution < 1.29 is 9.13 Å². The molecule has 126 valence electrons. The largest absolute Gasteiger partial charge is 0.497 e. The fraction of sp³-hybridized carbons (Fsp3) is 0.118. The summed E-state index contributed by atoms with van der Waals surface area (Å²) in [6.07, 6.45) is 5.27. The number of nitrogen functional groups attached to an aromatic ring is 1. The Labute approximate surface area is 148 Å². The number of rotatable bonds is 7. The number of nitrogens with zero attached hydrogens (tertiary/aromatic N) is 1. The van der Waals surface area contributed by atoms with Crippen LogP contribution in [0.1, 0.15) is 5.56 Å². The van der Waals surface area contributed by atoms with E-state index in [-0.39, 0.29) is 0 Å². The summed E-state index contributed by atoms with van der Waals surface area (Å²) in [5, 5.41) is 4.69. The highest BCUT2D eigenvalue weighted by Crippen LogP contribution is 2.37. The van der Waals surface area contributed by atoms with E-state index in [0.717, 1.165) is 10.6 Å². The van der Waals surface area contributed by atoms with Gasteiger partial charge in [-0.15, -0.1) is 0 Å². The lowest BCUT2D eigenvalue weighted by Gasteiger charge is -2.05. The lowest BCUT2D eigenvalue weighted by molar-refractivity contribution is 0.414. The van der Waals surface area contributed by atoms with Crippen LogP contribution in [0.25, 0.3) is 6.08 Å². The number of nitrogens with two attached hydrogens (primary N) is 1. The maximum atomic E-state index is 13.7. The van der Waals surface area contributed by atoms with Gasteiger partial charge in [-0.05, 0) is 35.7 Å². The first-order chi connectivity index (χ1) is 11.6. The van der Waals surface area contributed by atoms with Gasteiger partial charge in [0.2, 0.25) is 5.95 Å². The molecule has 0 unspecified atom stereocenters. The fourth-order valence-corrected chi connectivity index (χ4v) is 3.48. The minimum absolute atomic E-state index is 0.438. The van der Waals surface area contributed by atoms with Gasteiger partial charge in [-0.2, -0.15) is 4.39 Å².